The Bertz CT molecular complexity index is 816. The Morgan fingerprint density at radius 2 is 1.89 bits per heavy atom. The number of rotatable bonds is 9. The van der Waals surface area contributed by atoms with Crippen LogP contribution >= 0.6 is 15.9 Å². The van der Waals surface area contributed by atoms with Crippen molar-refractivity contribution in [2.45, 2.75) is 39.0 Å². The van der Waals surface area contributed by atoms with Gasteiger partial charge in [-0.2, -0.15) is 0 Å². The summed E-state index contributed by atoms with van der Waals surface area (Å²) in [6, 6.07) is 13.0. The van der Waals surface area contributed by atoms with E-state index in [4.69, 9.17) is 4.74 Å². The number of halogens is 1. The highest BCUT2D eigenvalue weighted by molar-refractivity contribution is 9.10. The SMILES string of the molecule is CCOc1cc(N(C)C)ccc1/C=C/CC(C)(CC)c1cc(Br)ccc1[NH2+]C. The molecule has 0 fully saturated rings. The molecule has 2 N–H and O–H groups in total. The number of allylic oxidation sites excluding steroid dienone is 1. The third-order valence-corrected chi connectivity index (χ3v) is 5.93. The van der Waals surface area contributed by atoms with E-state index in [2.05, 4.69) is 95.6 Å². The number of anilines is 1. The highest BCUT2D eigenvalue weighted by Gasteiger charge is 2.27. The van der Waals surface area contributed by atoms with Gasteiger partial charge in [-0.05, 0) is 44.0 Å². The van der Waals surface area contributed by atoms with Gasteiger partial charge in [0.25, 0.3) is 0 Å². The van der Waals surface area contributed by atoms with Crippen LogP contribution in [-0.4, -0.2) is 27.7 Å². The lowest BCUT2D eigenvalue weighted by atomic mass is 9.76. The molecule has 0 radical (unpaired) electrons. The standard InChI is InChI=1S/C24H33BrN2O/c1-7-24(3,21-16-19(25)12-14-22(21)26-4)15-9-10-18-11-13-20(27(5)6)17-23(18)28-8-2/h9-14,16-17,26H,7-8,15H2,1-6H3/p+1/b10-9+. The number of hydrogen-bond acceptors (Lipinski definition) is 2. The maximum absolute atomic E-state index is 5.88. The molecule has 28 heavy (non-hydrogen) atoms. The molecule has 0 aliphatic rings. The summed E-state index contributed by atoms with van der Waals surface area (Å²) >= 11 is 3.64. The van der Waals surface area contributed by atoms with E-state index in [1.165, 1.54) is 11.3 Å². The minimum absolute atomic E-state index is 0.0808. The van der Waals surface area contributed by atoms with Gasteiger partial charge in [0, 0.05) is 52.9 Å². The van der Waals surface area contributed by atoms with E-state index in [-0.39, 0.29) is 5.41 Å². The number of nitrogens with zero attached hydrogens (tertiary/aromatic N) is 1. The number of benzene rings is 2. The Labute approximate surface area is 178 Å². The molecule has 2 aromatic rings. The summed E-state index contributed by atoms with van der Waals surface area (Å²) in [6.07, 6.45) is 6.54. The van der Waals surface area contributed by atoms with Gasteiger partial charge in [-0.1, -0.05) is 41.9 Å². The normalized spacial score (nSPS) is 13.5. The molecule has 0 aliphatic heterocycles. The van der Waals surface area contributed by atoms with Crippen LogP contribution in [0.2, 0.25) is 0 Å². The lowest BCUT2D eigenvalue weighted by Crippen LogP contribution is -2.73. The van der Waals surface area contributed by atoms with Crippen molar-refractivity contribution in [1.29, 1.82) is 0 Å². The Hall–Kier alpha value is -1.78. The van der Waals surface area contributed by atoms with Crippen LogP contribution in [0.3, 0.4) is 0 Å². The fourth-order valence-electron chi connectivity index (χ4n) is 3.41. The Balaban J connectivity index is 2.30. The van der Waals surface area contributed by atoms with Gasteiger partial charge < -0.3 is 15.0 Å². The van der Waals surface area contributed by atoms with Gasteiger partial charge in [0.15, 0.2) is 0 Å². The third-order valence-electron chi connectivity index (χ3n) is 5.44. The average molecular weight is 446 g/mol. The summed E-state index contributed by atoms with van der Waals surface area (Å²) in [6.45, 7) is 7.31. The first kappa shape index (κ1) is 22.5. The second-order valence-electron chi connectivity index (χ2n) is 7.59. The van der Waals surface area contributed by atoms with Gasteiger partial charge in [0.05, 0.1) is 13.7 Å². The molecule has 2 rings (SSSR count). The van der Waals surface area contributed by atoms with E-state index in [0.29, 0.717) is 6.61 Å². The van der Waals surface area contributed by atoms with E-state index >= 15 is 0 Å². The minimum Gasteiger partial charge on any atom is -0.493 e. The van der Waals surface area contributed by atoms with Crippen molar-refractivity contribution in [3.8, 4) is 5.75 Å². The zero-order valence-electron chi connectivity index (χ0n) is 18.1. The third kappa shape index (κ3) is 5.39. The molecule has 1 atom stereocenters. The molecule has 0 spiro atoms. The van der Waals surface area contributed by atoms with Crippen molar-refractivity contribution >= 4 is 33.4 Å². The molecule has 4 heteroatoms. The number of hydrogen-bond donors (Lipinski definition) is 1. The van der Waals surface area contributed by atoms with Gasteiger partial charge >= 0.3 is 0 Å². The zero-order valence-corrected chi connectivity index (χ0v) is 19.6. The summed E-state index contributed by atoms with van der Waals surface area (Å²) in [5.74, 6) is 0.938. The van der Waals surface area contributed by atoms with Crippen LogP contribution < -0.4 is 15.0 Å². The highest BCUT2D eigenvalue weighted by atomic mass is 79.9. The quantitative estimate of drug-likeness (QED) is 0.515. The van der Waals surface area contributed by atoms with Crippen LogP contribution in [0, 0.1) is 0 Å². The molecule has 0 heterocycles. The topological polar surface area (TPSA) is 29.1 Å². The van der Waals surface area contributed by atoms with Gasteiger partial charge in [0.1, 0.15) is 11.4 Å². The van der Waals surface area contributed by atoms with E-state index in [1.807, 2.05) is 21.0 Å². The molecule has 152 valence electrons. The second kappa shape index (κ2) is 10.1. The van der Waals surface area contributed by atoms with Crippen LogP contribution in [0.15, 0.2) is 46.9 Å². The lowest BCUT2D eigenvalue weighted by molar-refractivity contribution is -0.540. The van der Waals surface area contributed by atoms with Crippen molar-refractivity contribution in [3.63, 3.8) is 0 Å². The van der Waals surface area contributed by atoms with Gasteiger partial charge in [-0.3, -0.25) is 0 Å². The Morgan fingerprint density at radius 1 is 1.14 bits per heavy atom. The summed E-state index contributed by atoms with van der Waals surface area (Å²) in [7, 11) is 6.21. The van der Waals surface area contributed by atoms with Crippen molar-refractivity contribution in [2.24, 2.45) is 0 Å². The summed E-state index contributed by atoms with van der Waals surface area (Å²) in [4.78, 5) is 2.10. The number of quaternary nitrogens is 1. The first-order valence-corrected chi connectivity index (χ1v) is 10.8. The van der Waals surface area contributed by atoms with Gasteiger partial charge in [0.2, 0.25) is 0 Å². The van der Waals surface area contributed by atoms with Crippen molar-refractivity contribution < 1.29 is 10.1 Å². The van der Waals surface area contributed by atoms with Crippen LogP contribution in [0.25, 0.3) is 6.08 Å². The molecule has 0 saturated carbocycles. The smallest absolute Gasteiger partial charge is 0.133 e. The molecule has 3 nitrogen and oxygen atoms in total. The van der Waals surface area contributed by atoms with Crippen molar-refractivity contribution in [1.82, 2.24) is 0 Å². The van der Waals surface area contributed by atoms with Crippen LogP contribution in [-0.2, 0) is 5.41 Å². The molecule has 0 amide bonds. The van der Waals surface area contributed by atoms with Crippen molar-refractivity contribution in [3.05, 3.63) is 58.1 Å². The summed E-state index contributed by atoms with van der Waals surface area (Å²) in [5, 5.41) is 2.20. The largest absolute Gasteiger partial charge is 0.493 e. The lowest BCUT2D eigenvalue weighted by Gasteiger charge is -2.28. The van der Waals surface area contributed by atoms with Crippen LogP contribution in [0.1, 0.15) is 44.7 Å². The van der Waals surface area contributed by atoms with Crippen LogP contribution in [0.5, 0.6) is 5.75 Å². The molecular formula is C24H34BrN2O+. The fraction of sp³-hybridized carbons (Fsp3) is 0.417. The average Bonchev–Trinajstić information content (AvgIpc) is 2.68. The molecule has 0 bridgehead atoms. The van der Waals surface area contributed by atoms with Gasteiger partial charge in [-0.15, -0.1) is 0 Å². The molecule has 0 aromatic heterocycles. The Kier molecular flexibility index (Phi) is 8.14. The van der Waals surface area contributed by atoms with Gasteiger partial charge in [-0.25, -0.2) is 0 Å². The minimum atomic E-state index is 0.0808. The van der Waals surface area contributed by atoms with E-state index < -0.39 is 0 Å². The maximum Gasteiger partial charge on any atom is 0.133 e. The summed E-state index contributed by atoms with van der Waals surface area (Å²) in [5.41, 5.74) is 5.06. The second-order valence-corrected chi connectivity index (χ2v) is 8.51. The number of ether oxygens (including phenoxy) is 1. The van der Waals surface area contributed by atoms with Crippen LogP contribution in [0.4, 0.5) is 11.4 Å². The highest BCUT2D eigenvalue weighted by Crippen LogP contribution is 2.37. The van der Waals surface area contributed by atoms with E-state index in [1.54, 1.807) is 0 Å². The first-order chi connectivity index (χ1) is 13.3. The monoisotopic (exact) mass is 445 g/mol. The zero-order chi connectivity index (χ0) is 20.7. The predicted molar refractivity (Wildman–Crippen MR) is 125 cm³/mol. The van der Waals surface area contributed by atoms with E-state index in [9.17, 15) is 0 Å². The molecule has 0 saturated heterocycles. The molecule has 1 unspecified atom stereocenters. The molecule has 0 aliphatic carbocycles. The fourth-order valence-corrected chi connectivity index (χ4v) is 3.77. The molecular weight excluding hydrogens is 412 g/mol. The molecule has 2 aromatic carbocycles. The first-order valence-electron chi connectivity index (χ1n) is 10.0. The maximum atomic E-state index is 5.88. The predicted octanol–water partition coefficient (Wildman–Crippen LogP) is 5.51. The number of nitrogens with two attached hydrogens (primary N) is 1. The van der Waals surface area contributed by atoms with E-state index in [0.717, 1.165) is 34.3 Å². The van der Waals surface area contributed by atoms with Crippen molar-refractivity contribution in [2.75, 3.05) is 32.6 Å². The Morgan fingerprint density at radius 3 is 2.50 bits per heavy atom. The summed E-state index contributed by atoms with van der Waals surface area (Å²) < 4.78 is 7.02.